The Morgan fingerprint density at radius 2 is 2.00 bits per heavy atom. The molecule has 0 unspecified atom stereocenters. The Hall–Kier alpha value is -2.08. The van der Waals surface area contributed by atoms with Crippen molar-refractivity contribution in [3.8, 4) is 0 Å². The lowest BCUT2D eigenvalue weighted by molar-refractivity contribution is 0.0953. The SMILES string of the molecule is CN1CCN(Cc2ccc(C(=O)NN)cc2)C1=O. The van der Waals surface area contributed by atoms with E-state index in [4.69, 9.17) is 5.84 Å². The lowest BCUT2D eigenvalue weighted by Crippen LogP contribution is -2.30. The molecule has 0 aliphatic carbocycles. The van der Waals surface area contributed by atoms with Gasteiger partial charge < -0.3 is 9.80 Å². The monoisotopic (exact) mass is 248 g/mol. The number of amides is 3. The minimum Gasteiger partial charge on any atom is -0.326 e. The van der Waals surface area contributed by atoms with Crippen molar-refractivity contribution in [2.75, 3.05) is 20.1 Å². The number of nitrogens with zero attached hydrogens (tertiary/aromatic N) is 2. The molecule has 3 N–H and O–H groups in total. The van der Waals surface area contributed by atoms with Gasteiger partial charge in [-0.25, -0.2) is 10.6 Å². The number of hydrogen-bond donors (Lipinski definition) is 2. The van der Waals surface area contributed by atoms with Crippen LogP contribution in [0.5, 0.6) is 0 Å². The first-order valence-electron chi connectivity index (χ1n) is 5.71. The predicted octanol–water partition coefficient (Wildman–Crippen LogP) is 0.158. The van der Waals surface area contributed by atoms with E-state index >= 15 is 0 Å². The zero-order chi connectivity index (χ0) is 13.1. The highest BCUT2D eigenvalue weighted by molar-refractivity contribution is 5.93. The summed E-state index contributed by atoms with van der Waals surface area (Å²) in [6.45, 7) is 2.06. The third-order valence-electron chi connectivity index (χ3n) is 3.02. The van der Waals surface area contributed by atoms with Gasteiger partial charge in [0.05, 0.1) is 0 Å². The number of benzene rings is 1. The Morgan fingerprint density at radius 3 is 2.50 bits per heavy atom. The maximum absolute atomic E-state index is 11.7. The maximum atomic E-state index is 11.7. The molecule has 96 valence electrons. The van der Waals surface area contributed by atoms with Crippen LogP contribution in [-0.4, -0.2) is 41.9 Å². The fourth-order valence-corrected chi connectivity index (χ4v) is 1.92. The second-order valence-electron chi connectivity index (χ2n) is 4.30. The molecule has 0 bridgehead atoms. The van der Waals surface area contributed by atoms with Gasteiger partial charge in [-0.15, -0.1) is 0 Å². The van der Waals surface area contributed by atoms with E-state index in [0.29, 0.717) is 12.1 Å². The summed E-state index contributed by atoms with van der Waals surface area (Å²) >= 11 is 0. The highest BCUT2D eigenvalue weighted by Crippen LogP contribution is 2.12. The molecule has 0 radical (unpaired) electrons. The summed E-state index contributed by atoms with van der Waals surface area (Å²) in [5, 5.41) is 0. The Labute approximate surface area is 105 Å². The number of nitrogens with one attached hydrogen (secondary N) is 1. The summed E-state index contributed by atoms with van der Waals surface area (Å²) in [6, 6.07) is 7.09. The van der Waals surface area contributed by atoms with E-state index in [1.807, 2.05) is 12.1 Å². The lowest BCUT2D eigenvalue weighted by Gasteiger charge is -2.16. The largest absolute Gasteiger partial charge is 0.326 e. The van der Waals surface area contributed by atoms with Crippen molar-refractivity contribution < 1.29 is 9.59 Å². The third kappa shape index (κ3) is 2.43. The number of urea groups is 1. The molecule has 1 saturated heterocycles. The molecule has 1 aliphatic heterocycles. The highest BCUT2D eigenvalue weighted by Gasteiger charge is 2.24. The van der Waals surface area contributed by atoms with Crippen molar-refractivity contribution in [2.24, 2.45) is 5.84 Å². The first kappa shape index (κ1) is 12.4. The number of rotatable bonds is 3. The molecule has 0 saturated carbocycles. The minimum absolute atomic E-state index is 0.0405. The normalized spacial score (nSPS) is 15.1. The Bertz CT molecular complexity index is 458. The number of carbonyl (C=O) groups is 2. The minimum atomic E-state index is -0.321. The first-order valence-corrected chi connectivity index (χ1v) is 5.71. The summed E-state index contributed by atoms with van der Waals surface area (Å²) in [5.41, 5.74) is 3.58. The van der Waals surface area contributed by atoms with Gasteiger partial charge in [0.1, 0.15) is 0 Å². The van der Waals surface area contributed by atoms with Crippen LogP contribution in [0.25, 0.3) is 0 Å². The van der Waals surface area contributed by atoms with Crippen molar-refractivity contribution in [1.82, 2.24) is 15.2 Å². The molecule has 18 heavy (non-hydrogen) atoms. The van der Waals surface area contributed by atoms with Crippen LogP contribution in [0, 0.1) is 0 Å². The van der Waals surface area contributed by atoms with Gasteiger partial charge in [-0.2, -0.15) is 0 Å². The summed E-state index contributed by atoms with van der Waals surface area (Å²) in [7, 11) is 1.79. The first-order chi connectivity index (χ1) is 8.61. The fraction of sp³-hybridized carbons (Fsp3) is 0.333. The zero-order valence-electron chi connectivity index (χ0n) is 10.2. The van der Waals surface area contributed by atoms with Crippen LogP contribution in [-0.2, 0) is 6.54 Å². The Kier molecular flexibility index (Phi) is 3.47. The van der Waals surface area contributed by atoms with Gasteiger partial charge in [0.2, 0.25) is 0 Å². The van der Waals surface area contributed by atoms with Crippen molar-refractivity contribution in [2.45, 2.75) is 6.54 Å². The molecule has 1 aromatic carbocycles. The van der Waals surface area contributed by atoms with Gasteiger partial charge in [0.25, 0.3) is 5.91 Å². The molecule has 6 nitrogen and oxygen atoms in total. The summed E-state index contributed by atoms with van der Waals surface area (Å²) < 4.78 is 0. The molecule has 3 amide bonds. The molecule has 0 aromatic heterocycles. The number of likely N-dealkylation sites (N-methyl/N-ethyl adjacent to an activating group) is 1. The van der Waals surface area contributed by atoms with Crippen molar-refractivity contribution >= 4 is 11.9 Å². The summed E-state index contributed by atoms with van der Waals surface area (Å²) in [5.74, 6) is 4.73. The number of carbonyl (C=O) groups excluding carboxylic acids is 2. The van der Waals surface area contributed by atoms with Crippen molar-refractivity contribution in [3.63, 3.8) is 0 Å². The second-order valence-corrected chi connectivity index (χ2v) is 4.30. The molecular weight excluding hydrogens is 232 g/mol. The van der Waals surface area contributed by atoms with Crippen molar-refractivity contribution in [1.29, 1.82) is 0 Å². The number of nitrogens with two attached hydrogens (primary N) is 1. The molecule has 1 aromatic rings. The van der Waals surface area contributed by atoms with Crippen LogP contribution in [0.4, 0.5) is 4.79 Å². The molecule has 0 spiro atoms. The highest BCUT2D eigenvalue weighted by atomic mass is 16.2. The van der Waals surface area contributed by atoms with E-state index in [0.717, 1.165) is 18.7 Å². The van der Waals surface area contributed by atoms with Crippen LogP contribution in [0.15, 0.2) is 24.3 Å². The standard InChI is InChI=1S/C12H16N4O2/c1-15-6-7-16(12(15)18)8-9-2-4-10(5-3-9)11(17)14-13/h2-5H,6-8,13H2,1H3,(H,14,17). The van der Waals surface area contributed by atoms with Crippen LogP contribution in [0.2, 0.25) is 0 Å². The average Bonchev–Trinajstić information content (AvgIpc) is 2.71. The predicted molar refractivity (Wildman–Crippen MR) is 66.5 cm³/mol. The van der Waals surface area contributed by atoms with Crippen LogP contribution >= 0.6 is 0 Å². The molecule has 6 heteroatoms. The van der Waals surface area contributed by atoms with E-state index in [9.17, 15) is 9.59 Å². The van der Waals surface area contributed by atoms with Crippen LogP contribution in [0.1, 0.15) is 15.9 Å². The smallest absolute Gasteiger partial charge is 0.320 e. The van der Waals surface area contributed by atoms with Crippen molar-refractivity contribution in [3.05, 3.63) is 35.4 Å². The Morgan fingerprint density at radius 1 is 1.33 bits per heavy atom. The van der Waals surface area contributed by atoms with Gasteiger partial charge >= 0.3 is 6.03 Å². The third-order valence-corrected chi connectivity index (χ3v) is 3.02. The summed E-state index contributed by atoms with van der Waals surface area (Å²) in [4.78, 5) is 26.4. The maximum Gasteiger partial charge on any atom is 0.320 e. The van der Waals surface area contributed by atoms with E-state index in [-0.39, 0.29) is 11.9 Å². The van der Waals surface area contributed by atoms with E-state index in [2.05, 4.69) is 5.43 Å². The summed E-state index contributed by atoms with van der Waals surface area (Å²) in [6.07, 6.45) is 0. The number of hydrazine groups is 1. The molecule has 1 heterocycles. The zero-order valence-corrected chi connectivity index (χ0v) is 10.2. The topological polar surface area (TPSA) is 78.7 Å². The quantitative estimate of drug-likeness (QED) is 0.454. The molecule has 2 rings (SSSR count). The number of hydrogen-bond acceptors (Lipinski definition) is 3. The van der Waals surface area contributed by atoms with Gasteiger partial charge in [-0.3, -0.25) is 10.2 Å². The van der Waals surface area contributed by atoms with Gasteiger partial charge in [-0.1, -0.05) is 12.1 Å². The molecule has 0 atom stereocenters. The number of nitrogen functional groups attached to an aromatic ring is 1. The fourth-order valence-electron chi connectivity index (χ4n) is 1.92. The van der Waals surface area contributed by atoms with Gasteiger partial charge in [0.15, 0.2) is 0 Å². The van der Waals surface area contributed by atoms with Gasteiger partial charge in [-0.05, 0) is 17.7 Å². The average molecular weight is 248 g/mol. The Balaban J connectivity index is 2.03. The second kappa shape index (κ2) is 5.05. The van der Waals surface area contributed by atoms with E-state index < -0.39 is 0 Å². The molecule has 1 aliphatic rings. The molecule has 1 fully saturated rings. The lowest BCUT2D eigenvalue weighted by atomic mass is 10.1. The molecular formula is C12H16N4O2. The van der Waals surface area contributed by atoms with Crippen LogP contribution in [0.3, 0.4) is 0 Å². The van der Waals surface area contributed by atoms with Crippen LogP contribution < -0.4 is 11.3 Å². The van der Waals surface area contributed by atoms with E-state index in [1.165, 1.54) is 0 Å². The van der Waals surface area contributed by atoms with E-state index in [1.54, 1.807) is 29.0 Å². The van der Waals surface area contributed by atoms with Gasteiger partial charge in [0, 0.05) is 32.2 Å².